The number of rotatable bonds is 4. The number of benzene rings is 1. The van der Waals surface area contributed by atoms with Crippen LogP contribution in [0, 0.1) is 0 Å². The Kier molecular flexibility index (Phi) is 3.90. The highest BCUT2D eigenvalue weighted by atomic mass is 79.9. The van der Waals surface area contributed by atoms with E-state index < -0.39 is 17.9 Å². The zero-order valence-electron chi connectivity index (χ0n) is 10.1. The summed E-state index contributed by atoms with van der Waals surface area (Å²) in [5, 5.41) is 12.0. The van der Waals surface area contributed by atoms with Crippen LogP contribution in [-0.2, 0) is 4.79 Å². The van der Waals surface area contributed by atoms with Gasteiger partial charge in [-0.25, -0.2) is 0 Å². The lowest BCUT2D eigenvalue weighted by molar-refractivity contribution is -0.137. The lowest BCUT2D eigenvalue weighted by atomic mass is 10.2. The number of aliphatic carboxylic acids is 1. The zero-order valence-corrected chi connectivity index (χ0v) is 11.7. The summed E-state index contributed by atoms with van der Waals surface area (Å²) in [6.45, 7) is 1.63. The van der Waals surface area contributed by atoms with Gasteiger partial charge in [0.2, 0.25) is 0 Å². The largest absolute Gasteiger partial charge is 0.481 e. The molecule has 1 heterocycles. The molecule has 19 heavy (non-hydrogen) atoms. The number of amides is 1. The average Bonchev–Trinajstić information content (AvgIpc) is 2.73. The lowest BCUT2D eigenvalue weighted by Crippen LogP contribution is -2.33. The number of para-hydroxylation sites is 1. The third-order valence-corrected chi connectivity index (χ3v) is 3.20. The van der Waals surface area contributed by atoms with Gasteiger partial charge in [0, 0.05) is 11.4 Å². The highest BCUT2D eigenvalue weighted by Gasteiger charge is 2.17. The van der Waals surface area contributed by atoms with Gasteiger partial charge in [-0.2, -0.15) is 0 Å². The van der Waals surface area contributed by atoms with Crippen molar-refractivity contribution in [1.29, 1.82) is 0 Å². The van der Waals surface area contributed by atoms with Gasteiger partial charge >= 0.3 is 5.97 Å². The third kappa shape index (κ3) is 3.14. The van der Waals surface area contributed by atoms with Crippen LogP contribution in [0.4, 0.5) is 0 Å². The molecule has 1 amide bonds. The minimum atomic E-state index is -0.958. The summed E-state index contributed by atoms with van der Waals surface area (Å²) >= 11 is 3.34. The number of hydrogen-bond acceptors (Lipinski definition) is 3. The van der Waals surface area contributed by atoms with Gasteiger partial charge in [0.25, 0.3) is 5.91 Å². The summed E-state index contributed by atoms with van der Waals surface area (Å²) in [6, 6.07) is 6.67. The molecule has 1 aromatic heterocycles. The lowest BCUT2D eigenvalue weighted by Gasteiger charge is -2.09. The van der Waals surface area contributed by atoms with E-state index in [0.29, 0.717) is 5.58 Å². The van der Waals surface area contributed by atoms with Crippen molar-refractivity contribution >= 4 is 38.8 Å². The fraction of sp³-hybridized carbons (Fsp3) is 0.231. The molecule has 0 spiro atoms. The molecule has 2 aromatic rings. The molecule has 1 unspecified atom stereocenters. The number of carbonyl (C=O) groups is 2. The molecule has 0 saturated carbocycles. The van der Waals surface area contributed by atoms with Gasteiger partial charge < -0.3 is 14.8 Å². The molecule has 0 radical (unpaired) electrons. The summed E-state index contributed by atoms with van der Waals surface area (Å²) < 4.78 is 6.23. The van der Waals surface area contributed by atoms with E-state index in [1.54, 1.807) is 13.0 Å². The predicted molar refractivity (Wildman–Crippen MR) is 73.1 cm³/mol. The fourth-order valence-corrected chi connectivity index (χ4v) is 2.21. The number of halogens is 1. The highest BCUT2D eigenvalue weighted by Crippen LogP contribution is 2.26. The van der Waals surface area contributed by atoms with E-state index in [4.69, 9.17) is 9.52 Å². The highest BCUT2D eigenvalue weighted by molar-refractivity contribution is 9.10. The summed E-state index contributed by atoms with van der Waals surface area (Å²) in [5.74, 6) is -1.21. The average molecular weight is 326 g/mol. The van der Waals surface area contributed by atoms with Gasteiger partial charge in [0.1, 0.15) is 5.58 Å². The Balaban J connectivity index is 2.18. The summed E-state index contributed by atoms with van der Waals surface area (Å²) in [4.78, 5) is 22.4. The summed E-state index contributed by atoms with van der Waals surface area (Å²) in [7, 11) is 0. The molecule has 0 fully saturated rings. The number of carboxylic acid groups (broad SMARTS) is 1. The van der Waals surface area contributed by atoms with Crippen LogP contribution in [0.2, 0.25) is 0 Å². The van der Waals surface area contributed by atoms with Crippen LogP contribution in [0.15, 0.2) is 33.2 Å². The summed E-state index contributed by atoms with van der Waals surface area (Å²) in [5.41, 5.74) is 0.596. The first kappa shape index (κ1) is 13.6. The first-order chi connectivity index (χ1) is 8.97. The molecule has 0 bridgehead atoms. The van der Waals surface area contributed by atoms with Gasteiger partial charge in [0.05, 0.1) is 10.9 Å². The van der Waals surface area contributed by atoms with Crippen molar-refractivity contribution < 1.29 is 19.1 Å². The van der Waals surface area contributed by atoms with E-state index in [1.807, 2.05) is 18.2 Å². The Morgan fingerprint density at radius 3 is 2.84 bits per heavy atom. The minimum absolute atomic E-state index is 0.129. The number of nitrogens with one attached hydrogen (secondary N) is 1. The number of fused-ring (bicyclic) bond motifs is 1. The number of carboxylic acids is 1. The Morgan fingerprint density at radius 2 is 2.21 bits per heavy atom. The molecule has 2 N–H and O–H groups in total. The monoisotopic (exact) mass is 325 g/mol. The molecule has 0 saturated heterocycles. The van der Waals surface area contributed by atoms with E-state index in [1.165, 1.54) is 0 Å². The normalized spacial score (nSPS) is 12.3. The van der Waals surface area contributed by atoms with E-state index in [0.717, 1.165) is 9.86 Å². The zero-order chi connectivity index (χ0) is 14.0. The Labute approximate surface area is 117 Å². The van der Waals surface area contributed by atoms with Crippen molar-refractivity contribution in [1.82, 2.24) is 5.32 Å². The number of furan rings is 1. The Bertz CT molecular complexity index is 635. The predicted octanol–water partition coefficient (Wildman–Crippen LogP) is 2.79. The molecule has 0 aliphatic heterocycles. The maximum atomic E-state index is 11.9. The quantitative estimate of drug-likeness (QED) is 0.905. The summed E-state index contributed by atoms with van der Waals surface area (Å²) in [6.07, 6.45) is -0.129. The van der Waals surface area contributed by atoms with Crippen LogP contribution in [0.1, 0.15) is 23.9 Å². The smallest absolute Gasteiger partial charge is 0.305 e. The van der Waals surface area contributed by atoms with E-state index >= 15 is 0 Å². The van der Waals surface area contributed by atoms with Crippen LogP contribution in [0.25, 0.3) is 11.0 Å². The fourth-order valence-electron chi connectivity index (χ4n) is 1.75. The van der Waals surface area contributed by atoms with Crippen LogP contribution in [0.3, 0.4) is 0 Å². The second-order valence-corrected chi connectivity index (χ2v) is 5.10. The number of hydrogen-bond donors (Lipinski definition) is 2. The van der Waals surface area contributed by atoms with Crippen molar-refractivity contribution in [3.8, 4) is 0 Å². The molecule has 100 valence electrons. The van der Waals surface area contributed by atoms with Crippen molar-refractivity contribution in [2.45, 2.75) is 19.4 Å². The molecule has 6 heteroatoms. The Hall–Kier alpha value is -1.82. The van der Waals surface area contributed by atoms with Gasteiger partial charge in [-0.15, -0.1) is 0 Å². The molecule has 2 rings (SSSR count). The molecule has 0 aliphatic carbocycles. The van der Waals surface area contributed by atoms with Crippen LogP contribution in [0.5, 0.6) is 0 Å². The molecular weight excluding hydrogens is 314 g/mol. The molecule has 5 nitrogen and oxygen atoms in total. The van der Waals surface area contributed by atoms with Crippen LogP contribution < -0.4 is 5.32 Å². The first-order valence-corrected chi connectivity index (χ1v) is 6.47. The van der Waals surface area contributed by atoms with Gasteiger partial charge in [-0.3, -0.25) is 9.59 Å². The SMILES string of the molecule is CC(CC(=O)O)NC(=O)c1cc2cccc(Br)c2o1. The first-order valence-electron chi connectivity index (χ1n) is 5.68. The maximum Gasteiger partial charge on any atom is 0.305 e. The maximum absolute atomic E-state index is 11.9. The topological polar surface area (TPSA) is 79.5 Å². The molecule has 1 atom stereocenters. The molecule has 1 aromatic carbocycles. The third-order valence-electron chi connectivity index (χ3n) is 2.58. The van der Waals surface area contributed by atoms with E-state index in [-0.39, 0.29) is 12.2 Å². The van der Waals surface area contributed by atoms with E-state index in [9.17, 15) is 9.59 Å². The van der Waals surface area contributed by atoms with Crippen molar-refractivity contribution in [3.05, 3.63) is 34.5 Å². The van der Waals surface area contributed by atoms with Crippen LogP contribution in [-0.4, -0.2) is 23.0 Å². The molecular formula is C13H12BrNO4. The van der Waals surface area contributed by atoms with Crippen molar-refractivity contribution in [2.24, 2.45) is 0 Å². The standard InChI is InChI=1S/C13H12BrNO4/c1-7(5-11(16)17)15-13(18)10-6-8-3-2-4-9(14)12(8)19-10/h2-4,6-7H,5H2,1H3,(H,15,18)(H,16,17). The van der Waals surface area contributed by atoms with Crippen LogP contribution >= 0.6 is 15.9 Å². The van der Waals surface area contributed by atoms with Gasteiger partial charge in [0.15, 0.2) is 5.76 Å². The second-order valence-electron chi connectivity index (χ2n) is 4.24. The Morgan fingerprint density at radius 1 is 1.47 bits per heavy atom. The van der Waals surface area contributed by atoms with E-state index in [2.05, 4.69) is 21.2 Å². The molecule has 0 aliphatic rings. The minimum Gasteiger partial charge on any atom is -0.481 e. The van der Waals surface area contributed by atoms with Crippen molar-refractivity contribution in [2.75, 3.05) is 0 Å². The van der Waals surface area contributed by atoms with Gasteiger partial charge in [-0.1, -0.05) is 12.1 Å². The van der Waals surface area contributed by atoms with Crippen molar-refractivity contribution in [3.63, 3.8) is 0 Å². The number of carbonyl (C=O) groups excluding carboxylic acids is 1. The second kappa shape index (κ2) is 5.44. The van der Waals surface area contributed by atoms with Gasteiger partial charge in [-0.05, 0) is 35.0 Å².